The normalized spacial score (nSPS) is 25.9. The average Bonchev–Trinajstić information content (AvgIpc) is 3.50. The molecule has 2 saturated heterocycles. The van der Waals surface area contributed by atoms with E-state index >= 15 is 0 Å². The van der Waals surface area contributed by atoms with Crippen molar-refractivity contribution in [2.75, 3.05) is 31.3 Å². The van der Waals surface area contributed by atoms with Crippen LogP contribution in [-0.4, -0.2) is 102 Å². The van der Waals surface area contributed by atoms with Crippen molar-refractivity contribution in [2.45, 2.75) is 60.4 Å². The standard InChI is InChI=1S/C29H33F3N4O7S/c1-2-35(17-6-4-3-5-7-17)27(40)26(29(41)8-10-42-11-9-29)44-28-25(39)23(24(38)21(15-37)43-28)36-14-20(33-34-36)16-12-18(30)22(32)19(31)13-16/h3-7,12-14,21,23-26,28,37-39,41H,2,8-11,15H2,1H3/t21-,23+,24+,25-,26?,28+/m1/s1. The van der Waals surface area contributed by atoms with E-state index in [4.69, 9.17) is 9.47 Å². The molecule has 2 aliphatic heterocycles. The molecule has 2 fully saturated rings. The largest absolute Gasteiger partial charge is 0.394 e. The van der Waals surface area contributed by atoms with E-state index in [0.29, 0.717) is 5.69 Å². The molecule has 4 N–H and O–H groups in total. The maximum Gasteiger partial charge on any atom is 0.243 e. The predicted molar refractivity (Wildman–Crippen MR) is 153 cm³/mol. The highest BCUT2D eigenvalue weighted by molar-refractivity contribution is 8.01. The summed E-state index contributed by atoms with van der Waals surface area (Å²) in [7, 11) is 0. The Morgan fingerprint density at radius 1 is 1.14 bits per heavy atom. The summed E-state index contributed by atoms with van der Waals surface area (Å²) in [6, 6.07) is 9.06. The van der Waals surface area contributed by atoms with Crippen LogP contribution in [0.3, 0.4) is 0 Å². The summed E-state index contributed by atoms with van der Waals surface area (Å²) < 4.78 is 53.6. The summed E-state index contributed by atoms with van der Waals surface area (Å²) in [6.45, 7) is 1.83. The summed E-state index contributed by atoms with van der Waals surface area (Å²) in [5, 5.41) is 51.0. The third kappa shape index (κ3) is 6.36. The number of rotatable bonds is 9. The summed E-state index contributed by atoms with van der Waals surface area (Å²) in [4.78, 5) is 15.6. The van der Waals surface area contributed by atoms with Gasteiger partial charge >= 0.3 is 0 Å². The monoisotopic (exact) mass is 638 g/mol. The first-order chi connectivity index (χ1) is 21.1. The van der Waals surface area contributed by atoms with Gasteiger partial charge in [0, 0.05) is 43.9 Å². The van der Waals surface area contributed by atoms with Crippen molar-refractivity contribution >= 4 is 23.4 Å². The van der Waals surface area contributed by atoms with Gasteiger partial charge in [-0.15, -0.1) is 16.9 Å². The number of benzene rings is 2. The van der Waals surface area contributed by atoms with Crippen LogP contribution in [-0.2, 0) is 14.3 Å². The molecule has 6 atom stereocenters. The molecule has 11 nitrogen and oxygen atoms in total. The second-order valence-corrected chi connectivity index (χ2v) is 11.9. The molecule has 2 aliphatic rings. The van der Waals surface area contributed by atoms with Crippen LogP contribution in [0.5, 0.6) is 0 Å². The molecule has 5 rings (SSSR count). The van der Waals surface area contributed by atoms with Crippen LogP contribution in [0, 0.1) is 17.5 Å². The minimum Gasteiger partial charge on any atom is -0.394 e. The van der Waals surface area contributed by atoms with Crippen molar-refractivity contribution in [2.24, 2.45) is 0 Å². The third-order valence-electron chi connectivity index (χ3n) is 7.94. The fourth-order valence-electron chi connectivity index (χ4n) is 5.50. The minimum atomic E-state index is -1.65. The topological polar surface area (TPSA) is 150 Å². The van der Waals surface area contributed by atoms with E-state index in [1.54, 1.807) is 31.2 Å². The number of hydrogen-bond donors (Lipinski definition) is 4. The van der Waals surface area contributed by atoms with Gasteiger partial charge in [-0.25, -0.2) is 17.9 Å². The van der Waals surface area contributed by atoms with E-state index < -0.39 is 70.6 Å². The Balaban J connectivity index is 1.47. The second kappa shape index (κ2) is 13.5. The smallest absolute Gasteiger partial charge is 0.243 e. The zero-order valence-electron chi connectivity index (χ0n) is 23.7. The average molecular weight is 639 g/mol. The van der Waals surface area contributed by atoms with Crippen molar-refractivity contribution in [3.63, 3.8) is 0 Å². The van der Waals surface area contributed by atoms with Gasteiger partial charge in [0.2, 0.25) is 5.91 Å². The first-order valence-corrected chi connectivity index (χ1v) is 15.0. The van der Waals surface area contributed by atoms with Gasteiger partial charge in [0.1, 0.15) is 40.7 Å². The number of aliphatic hydroxyl groups excluding tert-OH is 3. The van der Waals surface area contributed by atoms with Crippen LogP contribution in [0.25, 0.3) is 11.3 Å². The van der Waals surface area contributed by atoms with Gasteiger partial charge in [0.25, 0.3) is 0 Å². The lowest BCUT2D eigenvalue weighted by atomic mass is 9.89. The van der Waals surface area contributed by atoms with Crippen LogP contribution in [0.1, 0.15) is 25.8 Å². The Labute approximate surface area is 255 Å². The molecule has 3 heterocycles. The quantitative estimate of drug-likeness (QED) is 0.257. The number of aliphatic hydroxyl groups is 4. The number of carbonyl (C=O) groups is 1. The number of ether oxygens (including phenoxy) is 2. The van der Waals surface area contributed by atoms with Crippen LogP contribution in [0.2, 0.25) is 0 Å². The Hall–Kier alpha value is -3.05. The molecule has 0 aliphatic carbocycles. The molecule has 0 saturated carbocycles. The number of carbonyl (C=O) groups excluding carboxylic acids is 1. The van der Waals surface area contributed by atoms with Crippen molar-refractivity contribution in [3.8, 4) is 11.3 Å². The zero-order chi connectivity index (χ0) is 31.6. The van der Waals surface area contributed by atoms with Crippen molar-refractivity contribution in [3.05, 3.63) is 66.1 Å². The molecule has 44 heavy (non-hydrogen) atoms. The third-order valence-corrected chi connectivity index (χ3v) is 9.51. The fraction of sp³-hybridized carbons (Fsp3) is 0.483. The molecule has 1 unspecified atom stereocenters. The molecule has 3 aromatic rings. The lowest BCUT2D eigenvalue weighted by Crippen LogP contribution is -2.58. The SMILES string of the molecule is CCN(C(=O)C(S[C@@H]1O[C@H](CO)[C@H](O)[C@H](n2cc(-c3cc(F)c(F)c(F)c3)nn2)[C@H]1O)C1(O)CCOCC1)c1ccccc1. The van der Waals surface area contributed by atoms with Crippen LogP contribution in [0.4, 0.5) is 18.9 Å². The first kappa shape index (κ1) is 32.3. The number of hydrogen-bond acceptors (Lipinski definition) is 10. The number of para-hydroxylation sites is 1. The molecule has 15 heteroatoms. The van der Waals surface area contributed by atoms with Gasteiger partial charge in [-0.2, -0.15) is 0 Å². The van der Waals surface area contributed by atoms with Crippen molar-refractivity contribution in [1.29, 1.82) is 0 Å². The van der Waals surface area contributed by atoms with Gasteiger partial charge < -0.3 is 34.8 Å². The van der Waals surface area contributed by atoms with Gasteiger partial charge in [-0.05, 0) is 31.2 Å². The van der Waals surface area contributed by atoms with Gasteiger partial charge in [0.05, 0.1) is 18.4 Å². The Morgan fingerprint density at radius 2 is 1.80 bits per heavy atom. The van der Waals surface area contributed by atoms with E-state index in [1.165, 1.54) is 11.1 Å². The maximum absolute atomic E-state index is 14.1. The first-order valence-electron chi connectivity index (χ1n) is 14.1. The predicted octanol–water partition coefficient (Wildman–Crippen LogP) is 2.04. The van der Waals surface area contributed by atoms with Gasteiger partial charge in [-0.3, -0.25) is 4.79 Å². The fourth-order valence-corrected chi connectivity index (χ4v) is 7.03. The molecule has 0 spiro atoms. The van der Waals surface area contributed by atoms with Crippen molar-refractivity contribution < 1.29 is 47.9 Å². The lowest BCUT2D eigenvalue weighted by molar-refractivity contribution is -0.179. The molecular formula is C29H33F3N4O7S. The van der Waals surface area contributed by atoms with E-state index in [1.807, 2.05) is 6.07 Å². The maximum atomic E-state index is 14.1. The summed E-state index contributed by atoms with van der Waals surface area (Å²) in [5.41, 5.74) is -2.41. The summed E-state index contributed by atoms with van der Waals surface area (Å²) in [5.74, 6) is -4.95. The number of thioether (sulfide) groups is 1. The highest BCUT2D eigenvalue weighted by atomic mass is 32.2. The Bertz CT molecular complexity index is 1420. The summed E-state index contributed by atoms with van der Waals surface area (Å²) in [6.07, 6.45) is -2.87. The zero-order valence-corrected chi connectivity index (χ0v) is 24.5. The van der Waals surface area contributed by atoms with Crippen LogP contribution < -0.4 is 4.90 Å². The van der Waals surface area contributed by atoms with Gasteiger partial charge in [0.15, 0.2) is 17.5 Å². The highest BCUT2D eigenvalue weighted by Gasteiger charge is 2.52. The minimum absolute atomic E-state index is 0.0792. The second-order valence-electron chi connectivity index (χ2n) is 10.7. The highest BCUT2D eigenvalue weighted by Crippen LogP contribution is 2.42. The molecular weight excluding hydrogens is 605 g/mol. The molecule has 1 amide bonds. The number of halogens is 3. The van der Waals surface area contributed by atoms with Gasteiger partial charge in [-0.1, -0.05) is 23.4 Å². The number of amides is 1. The molecule has 2 aromatic carbocycles. The van der Waals surface area contributed by atoms with E-state index in [9.17, 15) is 38.4 Å². The van der Waals surface area contributed by atoms with Crippen LogP contribution in [0.15, 0.2) is 48.7 Å². The molecule has 0 bridgehead atoms. The van der Waals surface area contributed by atoms with E-state index in [-0.39, 0.29) is 43.9 Å². The Morgan fingerprint density at radius 3 is 2.41 bits per heavy atom. The number of aromatic nitrogens is 3. The van der Waals surface area contributed by atoms with E-state index in [0.717, 1.165) is 28.6 Å². The van der Waals surface area contributed by atoms with Crippen LogP contribution >= 0.6 is 11.8 Å². The Kier molecular flexibility index (Phi) is 9.94. The molecule has 1 aromatic heterocycles. The van der Waals surface area contributed by atoms with Crippen molar-refractivity contribution in [1.82, 2.24) is 15.0 Å². The molecule has 238 valence electrons. The lowest BCUT2D eigenvalue weighted by Gasteiger charge is -2.45. The van der Waals surface area contributed by atoms with E-state index in [2.05, 4.69) is 10.3 Å². The number of nitrogens with zero attached hydrogens (tertiary/aromatic N) is 4. The number of anilines is 1. The summed E-state index contributed by atoms with van der Waals surface area (Å²) >= 11 is 0.860. The molecule has 0 radical (unpaired) electrons.